The number of fused-ring (bicyclic) bond motifs is 1. The van der Waals surface area contributed by atoms with Gasteiger partial charge in [-0.25, -0.2) is 9.37 Å². The smallest absolute Gasteiger partial charge is 0.233 e. The van der Waals surface area contributed by atoms with Crippen LogP contribution in [-0.2, 0) is 6.54 Å². The largest absolute Gasteiger partial charge is 0.436 e. The fourth-order valence-corrected chi connectivity index (χ4v) is 2.76. The zero-order valence-corrected chi connectivity index (χ0v) is 13.4. The van der Waals surface area contributed by atoms with Gasteiger partial charge in [-0.3, -0.25) is 0 Å². The van der Waals surface area contributed by atoms with Gasteiger partial charge in [0, 0.05) is 11.1 Å². The Kier molecular flexibility index (Phi) is 3.75. The van der Waals surface area contributed by atoms with E-state index in [0.29, 0.717) is 34.1 Å². The van der Waals surface area contributed by atoms with Crippen molar-refractivity contribution < 1.29 is 13.4 Å². The number of hydrogen-bond donors (Lipinski definition) is 0. The summed E-state index contributed by atoms with van der Waals surface area (Å²) in [4.78, 5) is 4.47. The van der Waals surface area contributed by atoms with Gasteiger partial charge in [-0.05, 0) is 36.4 Å². The summed E-state index contributed by atoms with van der Waals surface area (Å²) in [6.45, 7) is 0.437. The summed E-state index contributed by atoms with van der Waals surface area (Å²) < 4.78 is 21.5. The Balaban J connectivity index is 1.70. The molecule has 2 aromatic carbocycles. The van der Waals surface area contributed by atoms with Crippen LogP contribution in [0.3, 0.4) is 0 Å². The van der Waals surface area contributed by atoms with Gasteiger partial charge < -0.3 is 4.42 Å². The van der Waals surface area contributed by atoms with E-state index in [9.17, 15) is 4.39 Å². The lowest BCUT2D eigenvalue weighted by Crippen LogP contribution is -2.33. The molecule has 4 rings (SSSR count). The van der Waals surface area contributed by atoms with Crippen LogP contribution in [0.1, 0.15) is 5.56 Å². The van der Waals surface area contributed by atoms with Crippen molar-refractivity contribution in [1.82, 2.24) is 4.98 Å². The van der Waals surface area contributed by atoms with E-state index >= 15 is 0 Å². The van der Waals surface area contributed by atoms with Crippen molar-refractivity contribution in [2.24, 2.45) is 0 Å². The molecule has 2 aromatic heterocycles. The lowest BCUT2D eigenvalue weighted by atomic mass is 10.2. The summed E-state index contributed by atoms with van der Waals surface area (Å²) in [5.74, 6) is 0.294. The van der Waals surface area contributed by atoms with Gasteiger partial charge in [-0.15, -0.1) is 0 Å². The Morgan fingerprint density at radius 3 is 2.83 bits per heavy atom. The number of aromatic nitrogens is 2. The maximum absolute atomic E-state index is 13.8. The number of pyridine rings is 1. The van der Waals surface area contributed by atoms with Crippen molar-refractivity contribution >= 4 is 22.7 Å². The molecule has 4 aromatic rings. The van der Waals surface area contributed by atoms with Crippen molar-refractivity contribution in [2.75, 3.05) is 0 Å². The highest BCUT2D eigenvalue weighted by atomic mass is 35.5. The molecule has 0 radical (unpaired) electrons. The third-order valence-corrected chi connectivity index (χ3v) is 4.00. The molecular formula is C19H13ClFN2O+. The Labute approximate surface area is 143 Å². The molecule has 24 heavy (non-hydrogen) atoms. The zero-order valence-electron chi connectivity index (χ0n) is 12.6. The van der Waals surface area contributed by atoms with Crippen LogP contribution in [0.25, 0.3) is 22.6 Å². The van der Waals surface area contributed by atoms with E-state index in [0.717, 1.165) is 5.56 Å². The van der Waals surface area contributed by atoms with Crippen LogP contribution in [0.5, 0.6) is 0 Å². The van der Waals surface area contributed by atoms with Gasteiger partial charge >= 0.3 is 0 Å². The summed E-state index contributed by atoms with van der Waals surface area (Å²) in [7, 11) is 0. The van der Waals surface area contributed by atoms with E-state index in [2.05, 4.69) is 4.98 Å². The van der Waals surface area contributed by atoms with Crippen molar-refractivity contribution in [2.45, 2.75) is 6.54 Å². The van der Waals surface area contributed by atoms with E-state index < -0.39 is 0 Å². The van der Waals surface area contributed by atoms with E-state index in [1.54, 1.807) is 30.3 Å². The summed E-state index contributed by atoms with van der Waals surface area (Å²) >= 11 is 5.98. The standard InChI is InChI=1S/C19H13ClFN2O/c20-15-7-8-18-17(10-15)22-19(24-18)14-5-3-9-23(12-14)11-13-4-1-2-6-16(13)21/h1-10,12H,11H2/q+1. The highest BCUT2D eigenvalue weighted by Gasteiger charge is 2.13. The molecule has 0 fully saturated rings. The summed E-state index contributed by atoms with van der Waals surface area (Å²) in [6.07, 6.45) is 3.77. The second kappa shape index (κ2) is 6.06. The molecule has 0 aliphatic heterocycles. The fraction of sp³-hybridized carbons (Fsp3) is 0.0526. The Hall–Kier alpha value is -2.72. The maximum Gasteiger partial charge on any atom is 0.233 e. The second-order valence-electron chi connectivity index (χ2n) is 5.49. The van der Waals surface area contributed by atoms with E-state index in [1.807, 2.05) is 35.2 Å². The molecule has 0 N–H and O–H groups in total. The molecule has 0 bridgehead atoms. The lowest BCUT2D eigenvalue weighted by molar-refractivity contribution is -0.688. The highest BCUT2D eigenvalue weighted by molar-refractivity contribution is 6.31. The van der Waals surface area contributed by atoms with Crippen molar-refractivity contribution in [3.05, 3.63) is 83.4 Å². The number of hydrogen-bond acceptors (Lipinski definition) is 2. The second-order valence-corrected chi connectivity index (χ2v) is 5.92. The van der Waals surface area contributed by atoms with Crippen LogP contribution in [0.4, 0.5) is 4.39 Å². The Morgan fingerprint density at radius 2 is 1.96 bits per heavy atom. The third-order valence-electron chi connectivity index (χ3n) is 3.77. The first-order valence-corrected chi connectivity index (χ1v) is 7.86. The summed E-state index contributed by atoms with van der Waals surface area (Å²) in [5.41, 5.74) is 2.84. The van der Waals surface area contributed by atoms with Crippen molar-refractivity contribution in [3.63, 3.8) is 0 Å². The lowest BCUT2D eigenvalue weighted by Gasteiger charge is -2.00. The van der Waals surface area contributed by atoms with E-state index in [4.69, 9.17) is 16.0 Å². The topological polar surface area (TPSA) is 29.9 Å². The monoisotopic (exact) mass is 339 g/mol. The van der Waals surface area contributed by atoms with Crippen LogP contribution < -0.4 is 4.57 Å². The predicted octanol–water partition coefficient (Wildman–Crippen LogP) is 4.62. The van der Waals surface area contributed by atoms with Gasteiger partial charge in [0.15, 0.2) is 24.5 Å². The van der Waals surface area contributed by atoms with Gasteiger partial charge in [0.25, 0.3) is 0 Å². The molecule has 0 saturated heterocycles. The molecule has 118 valence electrons. The van der Waals surface area contributed by atoms with Crippen LogP contribution in [0.15, 0.2) is 71.4 Å². The quantitative estimate of drug-likeness (QED) is 0.510. The fourth-order valence-electron chi connectivity index (χ4n) is 2.59. The van der Waals surface area contributed by atoms with Gasteiger partial charge in [-0.2, -0.15) is 4.57 Å². The van der Waals surface area contributed by atoms with Crippen molar-refractivity contribution in [3.8, 4) is 11.5 Å². The number of benzene rings is 2. The molecule has 0 aliphatic rings. The normalized spacial score (nSPS) is 11.1. The highest BCUT2D eigenvalue weighted by Crippen LogP contribution is 2.25. The first-order chi connectivity index (χ1) is 11.7. The maximum atomic E-state index is 13.8. The van der Waals surface area contributed by atoms with Crippen molar-refractivity contribution in [1.29, 1.82) is 0 Å². The first kappa shape index (κ1) is 14.8. The van der Waals surface area contributed by atoms with Gasteiger partial charge in [-0.1, -0.05) is 23.7 Å². The molecule has 0 spiro atoms. The molecule has 0 saturated carbocycles. The Morgan fingerprint density at radius 1 is 1.08 bits per heavy atom. The summed E-state index contributed by atoms with van der Waals surface area (Å²) in [5, 5.41) is 0.616. The van der Waals surface area contributed by atoms with Crippen LogP contribution in [0.2, 0.25) is 5.02 Å². The summed E-state index contributed by atoms with van der Waals surface area (Å²) in [6, 6.07) is 15.9. The molecule has 0 atom stereocenters. The number of nitrogens with zero attached hydrogens (tertiary/aromatic N) is 2. The number of oxazole rings is 1. The van der Waals surface area contributed by atoms with E-state index in [1.165, 1.54) is 6.07 Å². The molecule has 2 heterocycles. The SMILES string of the molecule is Fc1ccccc1C[n+]1cccc(-c2nc3cc(Cl)ccc3o2)c1. The minimum atomic E-state index is -0.216. The van der Waals surface area contributed by atoms with Crippen LogP contribution in [0, 0.1) is 5.82 Å². The van der Waals surface area contributed by atoms with Crippen LogP contribution >= 0.6 is 11.6 Å². The van der Waals surface area contributed by atoms with Gasteiger partial charge in [0.1, 0.15) is 16.9 Å². The average molecular weight is 340 g/mol. The molecule has 0 amide bonds. The molecule has 5 heteroatoms. The minimum Gasteiger partial charge on any atom is -0.436 e. The number of halogens is 2. The van der Waals surface area contributed by atoms with Crippen LogP contribution in [-0.4, -0.2) is 4.98 Å². The minimum absolute atomic E-state index is 0.216. The Bertz CT molecular complexity index is 1030. The van der Waals surface area contributed by atoms with Gasteiger partial charge in [0.05, 0.1) is 5.56 Å². The molecule has 0 aliphatic carbocycles. The predicted molar refractivity (Wildman–Crippen MR) is 90.2 cm³/mol. The van der Waals surface area contributed by atoms with E-state index in [-0.39, 0.29) is 5.82 Å². The molecule has 3 nitrogen and oxygen atoms in total. The third kappa shape index (κ3) is 2.88. The zero-order chi connectivity index (χ0) is 16.5. The number of rotatable bonds is 3. The molecular weight excluding hydrogens is 327 g/mol. The average Bonchev–Trinajstić information content (AvgIpc) is 3.00. The first-order valence-electron chi connectivity index (χ1n) is 7.48. The van der Waals surface area contributed by atoms with Gasteiger partial charge in [0.2, 0.25) is 5.89 Å². The molecule has 0 unspecified atom stereocenters.